The van der Waals surface area contributed by atoms with Crippen molar-refractivity contribution < 1.29 is 19.4 Å². The van der Waals surface area contributed by atoms with Gasteiger partial charge in [-0.05, 0) is 18.6 Å². The van der Waals surface area contributed by atoms with Gasteiger partial charge in [0.1, 0.15) is 0 Å². The first kappa shape index (κ1) is 16.2. The van der Waals surface area contributed by atoms with E-state index in [-0.39, 0.29) is 13.0 Å². The van der Waals surface area contributed by atoms with E-state index in [1.807, 2.05) is 30.3 Å². The van der Waals surface area contributed by atoms with Gasteiger partial charge in [0.15, 0.2) is 5.60 Å². The van der Waals surface area contributed by atoms with Gasteiger partial charge in [-0.2, -0.15) is 0 Å². The van der Waals surface area contributed by atoms with Gasteiger partial charge in [0.05, 0.1) is 25.3 Å². The monoisotopic (exact) mass is 325 g/mol. The van der Waals surface area contributed by atoms with Crippen molar-refractivity contribution in [2.45, 2.75) is 25.5 Å². The van der Waals surface area contributed by atoms with Gasteiger partial charge >= 0.3 is 5.97 Å². The van der Waals surface area contributed by atoms with Gasteiger partial charge in [-0.25, -0.2) is 0 Å². The van der Waals surface area contributed by atoms with Crippen LogP contribution in [0.15, 0.2) is 54.6 Å². The molecular formula is C19H19NO4. The molecule has 0 aliphatic carbocycles. The Balaban J connectivity index is 1.96. The first-order valence-corrected chi connectivity index (χ1v) is 7.89. The first-order valence-electron chi connectivity index (χ1n) is 7.89. The van der Waals surface area contributed by atoms with Crippen LogP contribution in [0.4, 0.5) is 5.69 Å². The van der Waals surface area contributed by atoms with Gasteiger partial charge in [-0.3, -0.25) is 9.59 Å². The Bertz CT molecular complexity index is 759. The van der Waals surface area contributed by atoms with E-state index in [4.69, 9.17) is 4.74 Å². The lowest BCUT2D eigenvalue weighted by Crippen LogP contribution is -2.41. The number of ether oxygens (including phenoxy) is 1. The van der Waals surface area contributed by atoms with E-state index >= 15 is 0 Å². The Hall–Kier alpha value is -2.66. The molecule has 124 valence electrons. The van der Waals surface area contributed by atoms with Gasteiger partial charge in [0, 0.05) is 5.56 Å². The largest absolute Gasteiger partial charge is 0.466 e. The summed E-state index contributed by atoms with van der Waals surface area (Å²) in [7, 11) is 0. The average molecular weight is 325 g/mol. The summed E-state index contributed by atoms with van der Waals surface area (Å²) in [6, 6.07) is 16.5. The maximum absolute atomic E-state index is 12.9. The molecule has 5 nitrogen and oxygen atoms in total. The van der Waals surface area contributed by atoms with E-state index in [9.17, 15) is 14.7 Å². The van der Waals surface area contributed by atoms with Gasteiger partial charge in [-0.15, -0.1) is 0 Å². The molecule has 1 aliphatic rings. The van der Waals surface area contributed by atoms with Crippen LogP contribution < -0.4 is 4.90 Å². The summed E-state index contributed by atoms with van der Waals surface area (Å²) < 4.78 is 4.92. The summed E-state index contributed by atoms with van der Waals surface area (Å²) >= 11 is 0. The Morgan fingerprint density at radius 1 is 1.12 bits per heavy atom. The van der Waals surface area contributed by atoms with Crippen molar-refractivity contribution >= 4 is 17.6 Å². The third-order valence-electron chi connectivity index (χ3n) is 4.13. The van der Waals surface area contributed by atoms with E-state index in [1.165, 1.54) is 4.90 Å². The molecule has 1 atom stereocenters. The van der Waals surface area contributed by atoms with Gasteiger partial charge < -0.3 is 14.7 Å². The molecule has 1 N–H and O–H groups in total. The third-order valence-corrected chi connectivity index (χ3v) is 4.13. The SMILES string of the molecule is CCOC(=O)C[C@]1(O)C(=O)N(Cc2ccccc2)c2ccccc21. The van der Waals surface area contributed by atoms with Crippen molar-refractivity contribution in [3.63, 3.8) is 0 Å². The lowest BCUT2D eigenvalue weighted by molar-refractivity contribution is -0.155. The highest BCUT2D eigenvalue weighted by molar-refractivity contribution is 6.08. The van der Waals surface area contributed by atoms with Crippen molar-refractivity contribution in [1.29, 1.82) is 0 Å². The molecule has 0 radical (unpaired) electrons. The molecule has 1 aliphatic heterocycles. The molecule has 3 rings (SSSR count). The zero-order valence-electron chi connectivity index (χ0n) is 13.4. The fourth-order valence-electron chi connectivity index (χ4n) is 3.02. The van der Waals surface area contributed by atoms with Crippen LogP contribution >= 0.6 is 0 Å². The normalized spacial score (nSPS) is 19.2. The molecule has 1 heterocycles. The second-order valence-electron chi connectivity index (χ2n) is 5.74. The van der Waals surface area contributed by atoms with E-state index in [0.717, 1.165) is 5.56 Å². The second kappa shape index (κ2) is 6.45. The molecule has 0 saturated heterocycles. The molecule has 0 unspecified atom stereocenters. The molecule has 5 heteroatoms. The fraction of sp³-hybridized carbons (Fsp3) is 0.263. The summed E-state index contributed by atoms with van der Waals surface area (Å²) in [5, 5.41) is 11.0. The number of carbonyl (C=O) groups is 2. The molecule has 0 saturated carbocycles. The van der Waals surface area contributed by atoms with Crippen LogP contribution in [-0.4, -0.2) is 23.6 Å². The molecular weight excluding hydrogens is 306 g/mol. The lowest BCUT2D eigenvalue weighted by atomic mass is 9.92. The molecule has 0 bridgehead atoms. The van der Waals surface area contributed by atoms with Gasteiger partial charge in [0.2, 0.25) is 0 Å². The summed E-state index contributed by atoms with van der Waals surface area (Å²) in [6.07, 6.45) is -0.387. The molecule has 0 fully saturated rings. The van der Waals surface area contributed by atoms with Crippen LogP contribution in [-0.2, 0) is 26.5 Å². The highest BCUT2D eigenvalue weighted by Gasteiger charge is 2.51. The van der Waals surface area contributed by atoms with E-state index < -0.39 is 17.5 Å². The zero-order valence-corrected chi connectivity index (χ0v) is 13.4. The highest BCUT2D eigenvalue weighted by atomic mass is 16.5. The van der Waals surface area contributed by atoms with E-state index in [0.29, 0.717) is 17.8 Å². The van der Waals surface area contributed by atoms with Crippen LogP contribution in [0.2, 0.25) is 0 Å². The number of anilines is 1. The van der Waals surface area contributed by atoms with Crippen molar-refractivity contribution in [2.24, 2.45) is 0 Å². The summed E-state index contributed by atoms with van der Waals surface area (Å²) in [6.45, 7) is 2.23. The van der Waals surface area contributed by atoms with Crippen molar-refractivity contribution in [2.75, 3.05) is 11.5 Å². The van der Waals surface area contributed by atoms with E-state index in [2.05, 4.69) is 0 Å². The Labute approximate surface area is 140 Å². The maximum atomic E-state index is 12.9. The summed E-state index contributed by atoms with van der Waals surface area (Å²) in [5.74, 6) is -1.09. The number of benzene rings is 2. The van der Waals surface area contributed by atoms with Crippen LogP contribution in [0, 0.1) is 0 Å². The topological polar surface area (TPSA) is 66.8 Å². The lowest BCUT2D eigenvalue weighted by Gasteiger charge is -2.22. The fourth-order valence-corrected chi connectivity index (χ4v) is 3.02. The number of nitrogens with zero attached hydrogens (tertiary/aromatic N) is 1. The van der Waals surface area contributed by atoms with Gasteiger partial charge in [0.25, 0.3) is 5.91 Å². The Morgan fingerprint density at radius 2 is 1.79 bits per heavy atom. The molecule has 0 aromatic heterocycles. The second-order valence-corrected chi connectivity index (χ2v) is 5.74. The van der Waals surface area contributed by atoms with E-state index in [1.54, 1.807) is 31.2 Å². The van der Waals surface area contributed by atoms with Crippen molar-refractivity contribution in [1.82, 2.24) is 0 Å². The number of rotatable bonds is 5. The molecule has 1 amide bonds. The summed E-state index contributed by atoms with van der Waals surface area (Å²) in [5.41, 5.74) is 0.135. The number of esters is 1. The molecule has 2 aromatic carbocycles. The van der Waals surface area contributed by atoms with Crippen molar-refractivity contribution in [3.8, 4) is 0 Å². The van der Waals surface area contributed by atoms with Crippen LogP contribution in [0.3, 0.4) is 0 Å². The summed E-state index contributed by atoms with van der Waals surface area (Å²) in [4.78, 5) is 26.3. The predicted octanol–water partition coefficient (Wildman–Crippen LogP) is 2.37. The minimum atomic E-state index is -1.88. The quantitative estimate of drug-likeness (QED) is 0.857. The maximum Gasteiger partial charge on any atom is 0.309 e. The molecule has 24 heavy (non-hydrogen) atoms. The van der Waals surface area contributed by atoms with Gasteiger partial charge in [-0.1, -0.05) is 48.5 Å². The standard InChI is InChI=1S/C19H19NO4/c1-2-24-17(21)12-19(23)15-10-6-7-11-16(15)20(18(19)22)13-14-8-4-3-5-9-14/h3-11,23H,2,12-13H2,1H3/t19-/m1/s1. The molecule has 0 spiro atoms. The Morgan fingerprint density at radius 3 is 2.50 bits per heavy atom. The number of hydrogen-bond donors (Lipinski definition) is 1. The molecule has 2 aromatic rings. The number of fused-ring (bicyclic) bond motifs is 1. The number of carbonyl (C=O) groups excluding carboxylic acids is 2. The minimum absolute atomic E-state index is 0.207. The van der Waals surface area contributed by atoms with Crippen LogP contribution in [0.25, 0.3) is 0 Å². The zero-order chi connectivity index (χ0) is 17.2. The number of aliphatic hydroxyl groups is 1. The Kier molecular flexibility index (Phi) is 4.36. The number of amides is 1. The van der Waals surface area contributed by atoms with Crippen LogP contribution in [0.5, 0.6) is 0 Å². The number of para-hydroxylation sites is 1. The third kappa shape index (κ3) is 2.78. The first-order chi connectivity index (χ1) is 11.6. The highest BCUT2D eigenvalue weighted by Crippen LogP contribution is 2.43. The predicted molar refractivity (Wildman–Crippen MR) is 89.2 cm³/mol. The number of hydrogen-bond acceptors (Lipinski definition) is 4. The van der Waals surface area contributed by atoms with Crippen LogP contribution in [0.1, 0.15) is 24.5 Å². The smallest absolute Gasteiger partial charge is 0.309 e. The average Bonchev–Trinajstić information content (AvgIpc) is 2.78. The van der Waals surface area contributed by atoms with Crippen molar-refractivity contribution in [3.05, 3.63) is 65.7 Å². The minimum Gasteiger partial charge on any atom is -0.466 e.